The van der Waals surface area contributed by atoms with Gasteiger partial charge >= 0.3 is 0 Å². The van der Waals surface area contributed by atoms with Crippen molar-refractivity contribution >= 4 is 16.8 Å². The molecule has 0 bridgehead atoms. The fraction of sp³-hybridized carbons (Fsp3) is 0.588. The van der Waals surface area contributed by atoms with E-state index in [0.29, 0.717) is 23.7 Å². The van der Waals surface area contributed by atoms with E-state index in [-0.39, 0.29) is 6.10 Å². The van der Waals surface area contributed by atoms with Gasteiger partial charge in [-0.25, -0.2) is 0 Å². The number of hydrogen-bond acceptors (Lipinski definition) is 3. The lowest BCUT2D eigenvalue weighted by atomic mass is 10.2. The molecule has 3 nitrogen and oxygen atoms in total. The minimum absolute atomic E-state index is 0.139. The Balaban J connectivity index is 2.77. The van der Waals surface area contributed by atoms with Crippen LogP contribution in [-0.4, -0.2) is 18.0 Å². The first kappa shape index (κ1) is 17.8. The molecule has 1 atom stereocenters. The van der Waals surface area contributed by atoms with Crippen molar-refractivity contribution in [2.24, 2.45) is 0 Å². The van der Waals surface area contributed by atoms with E-state index in [4.69, 9.17) is 21.1 Å². The highest BCUT2D eigenvalue weighted by molar-refractivity contribution is 6.68. The van der Waals surface area contributed by atoms with Gasteiger partial charge in [-0.1, -0.05) is 33.1 Å². The fourth-order valence-electron chi connectivity index (χ4n) is 2.09. The van der Waals surface area contributed by atoms with Crippen LogP contribution in [0.3, 0.4) is 0 Å². The molecule has 118 valence electrons. The number of rotatable bonds is 10. The first-order valence-corrected chi connectivity index (χ1v) is 8.09. The van der Waals surface area contributed by atoms with E-state index >= 15 is 0 Å². The molecule has 0 aliphatic rings. The molecular weight excluding hydrogens is 288 g/mol. The summed E-state index contributed by atoms with van der Waals surface area (Å²) in [5.74, 6) is 1.22. The number of ether oxygens (including phenoxy) is 2. The minimum Gasteiger partial charge on any atom is -0.493 e. The molecule has 0 amide bonds. The largest absolute Gasteiger partial charge is 0.493 e. The van der Waals surface area contributed by atoms with Crippen LogP contribution >= 0.6 is 11.6 Å². The van der Waals surface area contributed by atoms with Gasteiger partial charge in [-0.2, -0.15) is 0 Å². The van der Waals surface area contributed by atoms with Crippen molar-refractivity contribution < 1.29 is 14.3 Å². The second-order valence-corrected chi connectivity index (χ2v) is 5.55. The first-order valence-electron chi connectivity index (χ1n) is 7.71. The Kier molecular flexibility index (Phi) is 8.21. The van der Waals surface area contributed by atoms with Crippen LogP contribution in [0.2, 0.25) is 0 Å². The predicted molar refractivity (Wildman–Crippen MR) is 86.6 cm³/mol. The Labute approximate surface area is 132 Å². The second-order valence-electron chi connectivity index (χ2n) is 5.20. The van der Waals surface area contributed by atoms with E-state index < -0.39 is 5.24 Å². The van der Waals surface area contributed by atoms with Gasteiger partial charge in [0.25, 0.3) is 5.24 Å². The zero-order valence-electron chi connectivity index (χ0n) is 13.2. The molecule has 21 heavy (non-hydrogen) atoms. The highest BCUT2D eigenvalue weighted by Gasteiger charge is 2.13. The Bertz CT molecular complexity index is 446. The zero-order valence-corrected chi connectivity index (χ0v) is 13.9. The minimum atomic E-state index is -0.506. The molecule has 0 N–H and O–H groups in total. The maximum Gasteiger partial charge on any atom is 0.256 e. The number of carbonyl (C=O) groups excluding carboxylic acids is 1. The molecule has 0 fully saturated rings. The summed E-state index contributed by atoms with van der Waals surface area (Å²) in [5.41, 5.74) is 0.392. The summed E-state index contributed by atoms with van der Waals surface area (Å²) in [6.45, 7) is 6.87. The number of halogens is 1. The molecule has 0 saturated heterocycles. The van der Waals surface area contributed by atoms with Crippen LogP contribution in [-0.2, 0) is 0 Å². The van der Waals surface area contributed by atoms with Crippen molar-refractivity contribution in [3.63, 3.8) is 0 Å². The van der Waals surface area contributed by atoms with E-state index in [2.05, 4.69) is 13.8 Å². The summed E-state index contributed by atoms with van der Waals surface area (Å²) in [7, 11) is 0. The van der Waals surface area contributed by atoms with Gasteiger partial charge in [0.05, 0.1) is 18.3 Å². The van der Waals surface area contributed by atoms with Crippen molar-refractivity contribution in [2.75, 3.05) is 6.61 Å². The Hall–Kier alpha value is -1.22. The van der Waals surface area contributed by atoms with Gasteiger partial charge in [-0.15, -0.1) is 0 Å². The lowest BCUT2D eigenvalue weighted by Crippen LogP contribution is -2.11. The van der Waals surface area contributed by atoms with Gasteiger partial charge in [0.15, 0.2) is 0 Å². The third-order valence-corrected chi connectivity index (χ3v) is 3.41. The molecule has 1 rings (SSSR count). The Morgan fingerprint density at radius 1 is 1.24 bits per heavy atom. The normalized spacial score (nSPS) is 12.0. The van der Waals surface area contributed by atoms with Crippen LogP contribution in [0.1, 0.15) is 63.2 Å². The van der Waals surface area contributed by atoms with E-state index in [1.165, 1.54) is 0 Å². The van der Waals surface area contributed by atoms with Crippen molar-refractivity contribution in [3.05, 3.63) is 23.8 Å². The van der Waals surface area contributed by atoms with Crippen LogP contribution < -0.4 is 9.47 Å². The zero-order chi connectivity index (χ0) is 15.7. The van der Waals surface area contributed by atoms with Crippen LogP contribution in [0.5, 0.6) is 11.5 Å². The van der Waals surface area contributed by atoms with E-state index in [0.717, 1.165) is 32.1 Å². The maximum absolute atomic E-state index is 11.4. The number of hydrogen-bond donors (Lipinski definition) is 0. The van der Waals surface area contributed by atoms with E-state index in [1.807, 2.05) is 6.92 Å². The summed E-state index contributed by atoms with van der Waals surface area (Å²) in [4.78, 5) is 11.4. The summed E-state index contributed by atoms with van der Waals surface area (Å²) in [5, 5.41) is -0.506. The van der Waals surface area contributed by atoms with Gasteiger partial charge in [-0.05, 0) is 43.5 Å². The molecule has 0 spiro atoms. The summed E-state index contributed by atoms with van der Waals surface area (Å²) >= 11 is 5.60. The van der Waals surface area contributed by atoms with Gasteiger partial charge in [0.2, 0.25) is 0 Å². The smallest absolute Gasteiger partial charge is 0.256 e. The van der Waals surface area contributed by atoms with E-state index in [1.54, 1.807) is 18.2 Å². The molecule has 0 aliphatic heterocycles. The number of carbonyl (C=O) groups is 1. The average Bonchev–Trinajstić information content (AvgIpc) is 2.43. The lowest BCUT2D eigenvalue weighted by Gasteiger charge is -2.16. The molecule has 0 radical (unpaired) electrons. The fourth-order valence-corrected chi connectivity index (χ4v) is 2.25. The highest BCUT2D eigenvalue weighted by atomic mass is 35.5. The monoisotopic (exact) mass is 312 g/mol. The number of unbranched alkanes of at least 4 members (excludes halogenated alkanes) is 2. The van der Waals surface area contributed by atoms with Gasteiger partial charge in [0, 0.05) is 6.07 Å². The lowest BCUT2D eigenvalue weighted by molar-refractivity contribution is 0.107. The van der Waals surface area contributed by atoms with Gasteiger partial charge in [-0.3, -0.25) is 4.79 Å². The van der Waals surface area contributed by atoms with Crippen LogP contribution in [0.25, 0.3) is 0 Å². The maximum atomic E-state index is 11.4. The number of benzene rings is 1. The highest BCUT2D eigenvalue weighted by Crippen LogP contribution is 2.27. The van der Waals surface area contributed by atoms with Crippen LogP contribution in [0.15, 0.2) is 18.2 Å². The topological polar surface area (TPSA) is 35.5 Å². The Morgan fingerprint density at radius 3 is 2.62 bits per heavy atom. The first-order chi connectivity index (χ1) is 10.1. The summed E-state index contributed by atoms with van der Waals surface area (Å²) in [6.07, 6.45) is 5.39. The van der Waals surface area contributed by atoms with E-state index in [9.17, 15) is 4.79 Å². The Morgan fingerprint density at radius 2 is 2.00 bits per heavy atom. The quantitative estimate of drug-likeness (QED) is 0.440. The standard InChI is InChI=1S/C17H25ClO3/c1-4-6-7-11-20-16-12-14(21-13(3)8-5-2)9-10-15(16)17(18)19/h9-10,12-13H,4-8,11H2,1-3H3. The second kappa shape index (κ2) is 9.67. The third-order valence-electron chi connectivity index (χ3n) is 3.20. The third kappa shape index (κ3) is 6.38. The average molecular weight is 313 g/mol. The van der Waals surface area contributed by atoms with Crippen molar-refractivity contribution in [1.82, 2.24) is 0 Å². The molecule has 1 unspecified atom stereocenters. The molecule has 4 heteroatoms. The molecule has 1 aromatic rings. The molecular formula is C17H25ClO3. The molecule has 1 aromatic carbocycles. The van der Waals surface area contributed by atoms with Crippen molar-refractivity contribution in [3.8, 4) is 11.5 Å². The summed E-state index contributed by atoms with van der Waals surface area (Å²) in [6, 6.07) is 5.19. The summed E-state index contributed by atoms with van der Waals surface area (Å²) < 4.78 is 11.5. The SMILES string of the molecule is CCCCCOc1cc(OC(C)CCC)ccc1C(=O)Cl. The molecule has 0 saturated carbocycles. The van der Waals surface area contributed by atoms with Gasteiger partial charge < -0.3 is 9.47 Å². The van der Waals surface area contributed by atoms with Gasteiger partial charge in [0.1, 0.15) is 11.5 Å². The molecule has 0 aromatic heterocycles. The van der Waals surface area contributed by atoms with Crippen molar-refractivity contribution in [1.29, 1.82) is 0 Å². The van der Waals surface area contributed by atoms with Crippen LogP contribution in [0, 0.1) is 0 Å². The molecule has 0 aliphatic carbocycles. The molecule has 0 heterocycles. The van der Waals surface area contributed by atoms with Crippen molar-refractivity contribution in [2.45, 2.75) is 59.0 Å². The predicted octanol–water partition coefficient (Wildman–Crippen LogP) is 5.20. The van der Waals surface area contributed by atoms with Crippen LogP contribution in [0.4, 0.5) is 0 Å².